The molecule has 3 aliphatic heterocycles. The average molecular weight is 558 g/mol. The van der Waals surface area contributed by atoms with E-state index < -0.39 is 11.9 Å². The molecule has 2 saturated heterocycles. The number of imide groups is 1. The minimum Gasteiger partial charge on any atom is -0.342 e. The highest BCUT2D eigenvalue weighted by molar-refractivity contribution is 7.15. The molecule has 4 aliphatic rings. The third-order valence-electron chi connectivity index (χ3n) is 9.17. The second-order valence-electron chi connectivity index (χ2n) is 11.7. The van der Waals surface area contributed by atoms with Crippen molar-refractivity contribution < 1.29 is 19.2 Å². The minimum absolute atomic E-state index is 0.141. The van der Waals surface area contributed by atoms with Gasteiger partial charge in [0.25, 0.3) is 5.91 Å². The number of nitrogens with zero attached hydrogens (tertiary/aromatic N) is 3. The Labute approximate surface area is 235 Å². The van der Waals surface area contributed by atoms with E-state index in [0.29, 0.717) is 29.5 Å². The molecular formula is C30H31N5O4S. The Bertz CT molecular complexity index is 1570. The van der Waals surface area contributed by atoms with Gasteiger partial charge in [0, 0.05) is 58.0 Å². The van der Waals surface area contributed by atoms with Crippen molar-refractivity contribution in [2.45, 2.75) is 63.8 Å². The van der Waals surface area contributed by atoms with Gasteiger partial charge >= 0.3 is 0 Å². The smallest absolute Gasteiger partial charge is 0.259 e. The molecule has 3 aromatic rings. The molecule has 3 fully saturated rings. The summed E-state index contributed by atoms with van der Waals surface area (Å²) >= 11 is 1.63. The molecule has 10 heteroatoms. The molecule has 7 rings (SSSR count). The van der Waals surface area contributed by atoms with Crippen LogP contribution in [0.25, 0.3) is 10.8 Å². The number of piperidine rings is 2. The number of rotatable bonds is 5. The van der Waals surface area contributed by atoms with Crippen molar-refractivity contribution >= 4 is 62.2 Å². The number of aromatic nitrogens is 1. The van der Waals surface area contributed by atoms with Gasteiger partial charge in [0.1, 0.15) is 6.04 Å². The van der Waals surface area contributed by atoms with E-state index in [1.807, 2.05) is 30.5 Å². The molecule has 1 saturated carbocycles. The van der Waals surface area contributed by atoms with E-state index >= 15 is 0 Å². The fraction of sp³-hybridized carbons (Fsp3) is 0.433. The summed E-state index contributed by atoms with van der Waals surface area (Å²) in [6, 6.07) is 8.69. The summed E-state index contributed by atoms with van der Waals surface area (Å²) in [4.78, 5) is 60.1. The molecule has 0 spiro atoms. The van der Waals surface area contributed by atoms with E-state index in [9.17, 15) is 19.2 Å². The largest absolute Gasteiger partial charge is 0.342 e. The van der Waals surface area contributed by atoms with Gasteiger partial charge in [-0.2, -0.15) is 0 Å². The molecule has 0 bridgehead atoms. The number of anilines is 3. The number of amides is 4. The van der Waals surface area contributed by atoms with Crippen molar-refractivity contribution in [3.05, 3.63) is 47.0 Å². The molecule has 1 unspecified atom stereocenters. The van der Waals surface area contributed by atoms with Crippen LogP contribution in [0.5, 0.6) is 0 Å². The first-order chi connectivity index (χ1) is 19.3. The second-order valence-corrected chi connectivity index (χ2v) is 12.7. The van der Waals surface area contributed by atoms with E-state index in [1.54, 1.807) is 17.4 Å². The van der Waals surface area contributed by atoms with Crippen LogP contribution in [0.2, 0.25) is 0 Å². The third-order valence-corrected chi connectivity index (χ3v) is 10.2. The normalized spacial score (nSPS) is 22.4. The van der Waals surface area contributed by atoms with E-state index in [4.69, 9.17) is 0 Å². The van der Waals surface area contributed by atoms with Gasteiger partial charge < -0.3 is 10.2 Å². The topological polar surface area (TPSA) is 112 Å². The van der Waals surface area contributed by atoms with Crippen molar-refractivity contribution in [2.24, 2.45) is 5.41 Å². The fourth-order valence-electron chi connectivity index (χ4n) is 6.67. The summed E-state index contributed by atoms with van der Waals surface area (Å²) in [5.41, 5.74) is 1.94. The van der Waals surface area contributed by atoms with E-state index in [2.05, 4.69) is 27.4 Å². The molecule has 9 nitrogen and oxygen atoms in total. The highest BCUT2D eigenvalue weighted by Gasteiger charge is 2.43. The molecule has 1 aliphatic carbocycles. The number of hydrogen-bond donors (Lipinski definition) is 2. The van der Waals surface area contributed by atoms with Gasteiger partial charge in [0.05, 0.1) is 5.69 Å². The fourth-order valence-corrected chi connectivity index (χ4v) is 7.67. The molecule has 40 heavy (non-hydrogen) atoms. The van der Waals surface area contributed by atoms with Crippen LogP contribution in [0.4, 0.5) is 16.5 Å². The van der Waals surface area contributed by atoms with E-state index in [0.717, 1.165) is 66.8 Å². The van der Waals surface area contributed by atoms with Crippen LogP contribution in [-0.4, -0.2) is 52.6 Å². The quantitative estimate of drug-likeness (QED) is 0.440. The molecule has 1 aromatic heterocycles. The highest BCUT2D eigenvalue weighted by Crippen LogP contribution is 2.45. The van der Waals surface area contributed by atoms with Gasteiger partial charge in [0.15, 0.2) is 5.13 Å². The SMILES string of the molecule is CC1(C(=O)N2CCC(c3cnc(Nc4ccc5c6c(cccc46)C(=O)N5C4CCC(=O)NC4=O)s3)CC2)CCC1. The third kappa shape index (κ3) is 3.99. The maximum atomic E-state index is 13.4. The Morgan fingerprint density at radius 2 is 1.90 bits per heavy atom. The van der Waals surface area contributed by atoms with Gasteiger partial charge in [-0.25, -0.2) is 4.98 Å². The Morgan fingerprint density at radius 3 is 2.62 bits per heavy atom. The van der Waals surface area contributed by atoms with Crippen LogP contribution in [0.3, 0.4) is 0 Å². The predicted molar refractivity (Wildman–Crippen MR) is 153 cm³/mol. The number of benzene rings is 2. The molecule has 1 atom stereocenters. The van der Waals surface area contributed by atoms with E-state index in [-0.39, 0.29) is 23.7 Å². The van der Waals surface area contributed by atoms with Gasteiger partial charge in [-0.05, 0) is 56.2 Å². The maximum absolute atomic E-state index is 13.4. The van der Waals surface area contributed by atoms with Crippen LogP contribution in [0.15, 0.2) is 36.5 Å². The first-order valence-electron chi connectivity index (χ1n) is 14.1. The number of thiazole rings is 1. The van der Waals surface area contributed by atoms with Gasteiger partial charge in [0.2, 0.25) is 17.7 Å². The summed E-state index contributed by atoms with van der Waals surface area (Å²) in [7, 11) is 0. The first-order valence-corrected chi connectivity index (χ1v) is 14.9. The predicted octanol–water partition coefficient (Wildman–Crippen LogP) is 4.70. The zero-order valence-corrected chi connectivity index (χ0v) is 23.2. The molecule has 2 N–H and O–H groups in total. The van der Waals surface area contributed by atoms with Crippen molar-refractivity contribution in [1.29, 1.82) is 0 Å². The van der Waals surface area contributed by atoms with Crippen molar-refractivity contribution in [3.8, 4) is 0 Å². The summed E-state index contributed by atoms with van der Waals surface area (Å²) in [5.74, 6) is -0.250. The zero-order chi connectivity index (χ0) is 27.6. The molecule has 4 amide bonds. The van der Waals surface area contributed by atoms with Gasteiger partial charge in [-0.15, -0.1) is 11.3 Å². The molecule has 0 radical (unpaired) electrons. The van der Waals surface area contributed by atoms with Crippen molar-refractivity contribution in [1.82, 2.24) is 15.2 Å². The summed E-state index contributed by atoms with van der Waals surface area (Å²) < 4.78 is 0. The van der Waals surface area contributed by atoms with Crippen LogP contribution < -0.4 is 15.5 Å². The van der Waals surface area contributed by atoms with E-state index in [1.165, 1.54) is 9.78 Å². The number of carbonyl (C=O) groups is 4. The Hall–Kier alpha value is -3.79. The zero-order valence-electron chi connectivity index (χ0n) is 22.4. The lowest BCUT2D eigenvalue weighted by molar-refractivity contribution is -0.147. The average Bonchev–Trinajstić information content (AvgIpc) is 3.52. The monoisotopic (exact) mass is 557 g/mol. The Kier molecular flexibility index (Phi) is 5.92. The lowest BCUT2D eigenvalue weighted by Crippen LogP contribution is -2.53. The summed E-state index contributed by atoms with van der Waals surface area (Å²) in [5, 5.41) is 8.29. The first kappa shape index (κ1) is 25.2. The van der Waals surface area contributed by atoms with Crippen LogP contribution in [0, 0.1) is 5.41 Å². The van der Waals surface area contributed by atoms with Crippen LogP contribution in [0.1, 0.15) is 73.0 Å². The molecule has 206 valence electrons. The van der Waals surface area contributed by atoms with Crippen molar-refractivity contribution in [2.75, 3.05) is 23.3 Å². The number of likely N-dealkylation sites (tertiary alicyclic amines) is 1. The van der Waals surface area contributed by atoms with Crippen LogP contribution >= 0.6 is 11.3 Å². The number of hydrogen-bond acceptors (Lipinski definition) is 7. The summed E-state index contributed by atoms with van der Waals surface area (Å²) in [6.45, 7) is 3.70. The second kappa shape index (κ2) is 9.40. The lowest BCUT2D eigenvalue weighted by Gasteiger charge is -2.42. The molecular weight excluding hydrogens is 526 g/mol. The maximum Gasteiger partial charge on any atom is 0.259 e. The molecule has 4 heterocycles. The van der Waals surface area contributed by atoms with Crippen LogP contribution in [-0.2, 0) is 14.4 Å². The number of carbonyl (C=O) groups excluding carboxylic acids is 4. The van der Waals surface area contributed by atoms with Crippen molar-refractivity contribution in [3.63, 3.8) is 0 Å². The Morgan fingerprint density at radius 1 is 1.10 bits per heavy atom. The standard InChI is InChI=1S/C30H31N5O4S/c1-30(12-3-13-30)28(39)34-14-10-17(11-15-34)23-16-31-29(40-23)32-20-6-7-21-25-18(20)4-2-5-19(25)27(38)35(21)22-8-9-24(36)33-26(22)37/h2,4-7,16-17,22H,3,8-15H2,1H3,(H,31,32)(H,33,36,37). The lowest BCUT2D eigenvalue weighted by atomic mass is 9.69. The number of nitrogens with one attached hydrogen (secondary N) is 2. The Balaban J connectivity index is 1.09. The summed E-state index contributed by atoms with van der Waals surface area (Å²) in [6.07, 6.45) is 7.53. The minimum atomic E-state index is -0.709. The van der Waals surface area contributed by atoms with Gasteiger partial charge in [-0.3, -0.25) is 29.4 Å². The van der Waals surface area contributed by atoms with Gasteiger partial charge in [-0.1, -0.05) is 25.5 Å². The molecule has 2 aromatic carbocycles. The highest BCUT2D eigenvalue weighted by atomic mass is 32.1.